The molecule has 1 aliphatic heterocycles. The van der Waals surface area contributed by atoms with Gasteiger partial charge in [-0.25, -0.2) is 9.59 Å². The van der Waals surface area contributed by atoms with Gasteiger partial charge in [0.25, 0.3) is 5.91 Å². The summed E-state index contributed by atoms with van der Waals surface area (Å²) in [5, 5.41) is 5.10. The van der Waals surface area contributed by atoms with Crippen molar-refractivity contribution in [2.24, 2.45) is 5.92 Å². The lowest BCUT2D eigenvalue weighted by atomic mass is 10.1. The van der Waals surface area contributed by atoms with Crippen LogP contribution in [0, 0.1) is 5.92 Å². The number of rotatable bonds is 8. The summed E-state index contributed by atoms with van der Waals surface area (Å²) in [7, 11) is 0. The lowest BCUT2D eigenvalue weighted by Gasteiger charge is -2.20. The molecule has 31 heavy (non-hydrogen) atoms. The first-order chi connectivity index (χ1) is 14.9. The van der Waals surface area contributed by atoms with Gasteiger partial charge in [0.15, 0.2) is 18.1 Å². The maximum atomic E-state index is 12.4. The number of amides is 2. The minimum absolute atomic E-state index is 0.0739. The predicted octanol–water partition coefficient (Wildman–Crippen LogP) is 2.85. The van der Waals surface area contributed by atoms with Gasteiger partial charge >= 0.3 is 12.1 Å². The maximum absolute atomic E-state index is 12.4. The molecule has 2 aromatic carbocycles. The minimum atomic E-state index is -0.957. The van der Waals surface area contributed by atoms with Gasteiger partial charge < -0.3 is 29.6 Å². The Balaban J connectivity index is 1.46. The Kier molecular flexibility index (Phi) is 7.31. The Labute approximate surface area is 179 Å². The van der Waals surface area contributed by atoms with E-state index in [2.05, 4.69) is 10.6 Å². The quantitative estimate of drug-likeness (QED) is 0.622. The zero-order valence-corrected chi connectivity index (χ0v) is 17.3. The molecule has 3 rings (SSSR count). The molecule has 0 fully saturated rings. The lowest BCUT2D eigenvalue weighted by Crippen LogP contribution is -2.46. The normalized spacial score (nSPS) is 12.7. The second-order valence-corrected chi connectivity index (χ2v) is 7.15. The highest BCUT2D eigenvalue weighted by Crippen LogP contribution is 2.34. The summed E-state index contributed by atoms with van der Waals surface area (Å²) in [5.74, 6) is -0.412. The summed E-state index contributed by atoms with van der Waals surface area (Å²) >= 11 is 0. The summed E-state index contributed by atoms with van der Waals surface area (Å²) in [4.78, 5) is 36.6. The number of carbonyl (C=O) groups excluding carboxylic acids is 3. The van der Waals surface area contributed by atoms with Crippen LogP contribution >= 0.6 is 0 Å². The van der Waals surface area contributed by atoms with Gasteiger partial charge in [0.1, 0.15) is 12.6 Å². The molecule has 0 saturated carbocycles. The van der Waals surface area contributed by atoms with E-state index < -0.39 is 30.6 Å². The molecule has 1 atom stereocenters. The standard InChI is InChI=1S/C22H24N2O7/c1-14(2)20(24-22(27)29-11-15-6-4-3-5-7-15)21(26)28-12-19(25)23-16-8-9-17-18(10-16)31-13-30-17/h3-10,14,20H,11-13H2,1-2H3,(H,23,25)(H,24,27)/t20-/m1/s1. The smallest absolute Gasteiger partial charge is 0.408 e. The topological polar surface area (TPSA) is 112 Å². The van der Waals surface area contributed by atoms with Crippen molar-refractivity contribution in [3.8, 4) is 11.5 Å². The molecule has 1 heterocycles. The average Bonchev–Trinajstić information content (AvgIpc) is 3.23. The molecule has 9 nitrogen and oxygen atoms in total. The number of nitrogens with one attached hydrogen (secondary N) is 2. The van der Waals surface area contributed by atoms with Crippen LogP contribution < -0.4 is 20.1 Å². The fourth-order valence-electron chi connectivity index (χ4n) is 2.79. The molecule has 2 N–H and O–H groups in total. The number of anilines is 1. The second-order valence-electron chi connectivity index (χ2n) is 7.15. The summed E-state index contributed by atoms with van der Waals surface area (Å²) in [6, 6.07) is 13.1. The number of fused-ring (bicyclic) bond motifs is 1. The summed E-state index contributed by atoms with van der Waals surface area (Å²) in [5.41, 5.74) is 1.30. The van der Waals surface area contributed by atoms with Crippen molar-refractivity contribution in [1.29, 1.82) is 0 Å². The van der Waals surface area contributed by atoms with E-state index >= 15 is 0 Å². The van der Waals surface area contributed by atoms with Crippen LogP contribution in [0.15, 0.2) is 48.5 Å². The summed E-state index contributed by atoms with van der Waals surface area (Å²) in [6.45, 7) is 3.19. The first-order valence-electron chi connectivity index (χ1n) is 9.75. The third kappa shape index (κ3) is 6.36. The van der Waals surface area contributed by atoms with Gasteiger partial charge in [0.05, 0.1) is 0 Å². The number of ether oxygens (including phenoxy) is 4. The molecule has 164 valence electrons. The van der Waals surface area contributed by atoms with E-state index in [1.165, 1.54) is 0 Å². The molecular weight excluding hydrogens is 404 g/mol. The maximum Gasteiger partial charge on any atom is 0.408 e. The molecule has 0 bridgehead atoms. The molecule has 9 heteroatoms. The van der Waals surface area contributed by atoms with E-state index in [4.69, 9.17) is 18.9 Å². The fraction of sp³-hybridized carbons (Fsp3) is 0.318. The van der Waals surface area contributed by atoms with Gasteiger partial charge in [-0.05, 0) is 23.6 Å². The van der Waals surface area contributed by atoms with Crippen LogP contribution in [0.4, 0.5) is 10.5 Å². The van der Waals surface area contributed by atoms with Crippen molar-refractivity contribution < 1.29 is 33.3 Å². The van der Waals surface area contributed by atoms with Crippen molar-refractivity contribution >= 4 is 23.7 Å². The van der Waals surface area contributed by atoms with Crippen molar-refractivity contribution in [3.63, 3.8) is 0 Å². The highest BCUT2D eigenvalue weighted by atomic mass is 16.7. The van der Waals surface area contributed by atoms with Crippen LogP contribution in [0.1, 0.15) is 19.4 Å². The molecule has 0 unspecified atom stereocenters. The molecule has 0 spiro atoms. The minimum Gasteiger partial charge on any atom is -0.454 e. The van der Waals surface area contributed by atoms with Crippen LogP contribution in [0.25, 0.3) is 0 Å². The zero-order valence-electron chi connectivity index (χ0n) is 17.3. The first-order valence-corrected chi connectivity index (χ1v) is 9.75. The van der Waals surface area contributed by atoms with Crippen molar-refractivity contribution in [3.05, 3.63) is 54.1 Å². The zero-order chi connectivity index (χ0) is 22.2. The van der Waals surface area contributed by atoms with E-state index in [9.17, 15) is 14.4 Å². The van der Waals surface area contributed by atoms with Gasteiger partial charge in [-0.15, -0.1) is 0 Å². The van der Waals surface area contributed by atoms with E-state index in [0.29, 0.717) is 17.2 Å². The third-order valence-electron chi connectivity index (χ3n) is 4.41. The van der Waals surface area contributed by atoms with E-state index in [1.54, 1.807) is 32.0 Å². The Bertz CT molecular complexity index is 931. The largest absolute Gasteiger partial charge is 0.454 e. The van der Waals surface area contributed by atoms with Gasteiger partial charge in [0.2, 0.25) is 6.79 Å². The Hall–Kier alpha value is -3.75. The molecule has 2 amide bonds. The first kappa shape index (κ1) is 21.9. The molecule has 2 aromatic rings. The number of hydrogen-bond donors (Lipinski definition) is 2. The average molecular weight is 428 g/mol. The summed E-state index contributed by atoms with van der Waals surface area (Å²) in [6.07, 6.45) is -0.746. The van der Waals surface area contributed by atoms with Crippen molar-refractivity contribution in [1.82, 2.24) is 5.32 Å². The Morgan fingerprint density at radius 1 is 1.00 bits per heavy atom. The molecule has 0 saturated heterocycles. The molecular formula is C22H24N2O7. The highest BCUT2D eigenvalue weighted by molar-refractivity contribution is 5.93. The SMILES string of the molecule is CC(C)[C@@H](NC(=O)OCc1ccccc1)C(=O)OCC(=O)Nc1ccc2c(c1)OCO2. The van der Waals surface area contributed by atoms with E-state index in [-0.39, 0.29) is 19.3 Å². The summed E-state index contributed by atoms with van der Waals surface area (Å²) < 4.78 is 20.7. The van der Waals surface area contributed by atoms with Crippen LogP contribution in [-0.4, -0.2) is 37.4 Å². The van der Waals surface area contributed by atoms with Crippen LogP contribution in [-0.2, 0) is 25.7 Å². The van der Waals surface area contributed by atoms with E-state index in [0.717, 1.165) is 5.56 Å². The lowest BCUT2D eigenvalue weighted by molar-refractivity contribution is -0.150. The number of hydrogen-bond acceptors (Lipinski definition) is 7. The van der Waals surface area contributed by atoms with Crippen LogP contribution in [0.5, 0.6) is 11.5 Å². The number of alkyl carbamates (subject to hydrolysis) is 1. The fourth-order valence-corrected chi connectivity index (χ4v) is 2.79. The Morgan fingerprint density at radius 3 is 2.48 bits per heavy atom. The van der Waals surface area contributed by atoms with Crippen molar-refractivity contribution in [2.75, 3.05) is 18.7 Å². The van der Waals surface area contributed by atoms with Gasteiger partial charge in [0, 0.05) is 11.8 Å². The highest BCUT2D eigenvalue weighted by Gasteiger charge is 2.27. The molecule has 0 aliphatic carbocycles. The van der Waals surface area contributed by atoms with Gasteiger partial charge in [-0.2, -0.15) is 0 Å². The Morgan fingerprint density at radius 2 is 1.74 bits per heavy atom. The monoisotopic (exact) mass is 428 g/mol. The van der Waals surface area contributed by atoms with Gasteiger partial charge in [-0.1, -0.05) is 44.2 Å². The number of esters is 1. The molecule has 0 aromatic heterocycles. The predicted molar refractivity (Wildman–Crippen MR) is 111 cm³/mol. The number of carbonyl (C=O) groups is 3. The number of benzene rings is 2. The second kappa shape index (κ2) is 10.3. The third-order valence-corrected chi connectivity index (χ3v) is 4.41. The van der Waals surface area contributed by atoms with Crippen molar-refractivity contribution in [2.45, 2.75) is 26.5 Å². The van der Waals surface area contributed by atoms with Gasteiger partial charge in [-0.3, -0.25) is 4.79 Å². The van der Waals surface area contributed by atoms with E-state index in [1.807, 2.05) is 30.3 Å². The molecule has 1 aliphatic rings. The van der Waals surface area contributed by atoms with Crippen LogP contribution in [0.3, 0.4) is 0 Å². The van der Waals surface area contributed by atoms with Crippen LogP contribution in [0.2, 0.25) is 0 Å². The molecule has 0 radical (unpaired) electrons.